The van der Waals surface area contributed by atoms with Gasteiger partial charge in [0.25, 0.3) is 0 Å². The SMILES string of the molecule is C=C(C)CC(NC)c1ccc(Cl)cn1. The predicted molar refractivity (Wildman–Crippen MR) is 60.5 cm³/mol. The summed E-state index contributed by atoms with van der Waals surface area (Å²) in [5.74, 6) is 0. The molecule has 0 bridgehead atoms. The molecule has 0 aliphatic carbocycles. The van der Waals surface area contributed by atoms with Crippen molar-refractivity contribution in [3.05, 3.63) is 41.2 Å². The van der Waals surface area contributed by atoms with E-state index in [1.54, 1.807) is 6.20 Å². The van der Waals surface area contributed by atoms with E-state index in [-0.39, 0.29) is 6.04 Å². The molecule has 0 aliphatic heterocycles. The van der Waals surface area contributed by atoms with Gasteiger partial charge < -0.3 is 5.32 Å². The zero-order valence-corrected chi connectivity index (χ0v) is 9.30. The smallest absolute Gasteiger partial charge is 0.0589 e. The summed E-state index contributed by atoms with van der Waals surface area (Å²) in [6.07, 6.45) is 2.56. The first-order valence-corrected chi connectivity index (χ1v) is 4.94. The van der Waals surface area contributed by atoms with Gasteiger partial charge in [-0.25, -0.2) is 0 Å². The van der Waals surface area contributed by atoms with Gasteiger partial charge in [-0.3, -0.25) is 4.98 Å². The molecule has 0 radical (unpaired) electrons. The first-order valence-electron chi connectivity index (χ1n) is 4.56. The second kappa shape index (κ2) is 5.13. The van der Waals surface area contributed by atoms with Crippen molar-refractivity contribution in [2.24, 2.45) is 0 Å². The van der Waals surface area contributed by atoms with E-state index in [1.807, 2.05) is 26.1 Å². The quantitative estimate of drug-likeness (QED) is 0.773. The molecule has 0 aliphatic rings. The molecule has 1 N–H and O–H groups in total. The molecule has 0 saturated carbocycles. The maximum absolute atomic E-state index is 5.76. The average Bonchev–Trinajstić information content (AvgIpc) is 2.15. The number of nitrogens with one attached hydrogen (secondary N) is 1. The minimum absolute atomic E-state index is 0.227. The van der Waals surface area contributed by atoms with Crippen molar-refractivity contribution >= 4 is 11.6 Å². The van der Waals surface area contributed by atoms with Crippen LogP contribution < -0.4 is 5.32 Å². The van der Waals surface area contributed by atoms with Crippen LogP contribution >= 0.6 is 11.6 Å². The fourth-order valence-corrected chi connectivity index (χ4v) is 1.41. The molecule has 1 unspecified atom stereocenters. The van der Waals surface area contributed by atoms with Crippen molar-refractivity contribution in [3.8, 4) is 0 Å². The number of hydrogen-bond acceptors (Lipinski definition) is 2. The van der Waals surface area contributed by atoms with Crippen LogP contribution in [0.1, 0.15) is 25.1 Å². The van der Waals surface area contributed by atoms with Gasteiger partial charge in [-0.1, -0.05) is 17.2 Å². The molecule has 0 fully saturated rings. The van der Waals surface area contributed by atoms with E-state index in [2.05, 4.69) is 16.9 Å². The standard InChI is InChI=1S/C11H15ClN2/c1-8(2)6-11(13-3)10-5-4-9(12)7-14-10/h4-5,7,11,13H,1,6H2,2-3H3. The molecule has 14 heavy (non-hydrogen) atoms. The van der Waals surface area contributed by atoms with Gasteiger partial charge in [0.2, 0.25) is 0 Å². The Morgan fingerprint density at radius 2 is 2.36 bits per heavy atom. The summed E-state index contributed by atoms with van der Waals surface area (Å²) in [7, 11) is 1.92. The highest BCUT2D eigenvalue weighted by Gasteiger charge is 2.09. The van der Waals surface area contributed by atoms with E-state index in [1.165, 1.54) is 0 Å². The number of rotatable bonds is 4. The molecule has 3 heteroatoms. The maximum Gasteiger partial charge on any atom is 0.0589 e. The third-order valence-corrected chi connectivity index (χ3v) is 2.23. The van der Waals surface area contributed by atoms with Crippen molar-refractivity contribution in [1.29, 1.82) is 0 Å². The predicted octanol–water partition coefficient (Wildman–Crippen LogP) is 2.96. The van der Waals surface area contributed by atoms with E-state index in [4.69, 9.17) is 11.6 Å². The van der Waals surface area contributed by atoms with Crippen molar-refractivity contribution in [1.82, 2.24) is 10.3 Å². The Labute approximate surface area is 90.0 Å². The molecule has 76 valence electrons. The van der Waals surface area contributed by atoms with Gasteiger partial charge in [0.1, 0.15) is 0 Å². The van der Waals surface area contributed by atoms with Crippen LogP contribution in [0, 0.1) is 0 Å². The lowest BCUT2D eigenvalue weighted by atomic mass is 10.1. The fourth-order valence-electron chi connectivity index (χ4n) is 1.30. The van der Waals surface area contributed by atoms with Crippen LogP contribution in [-0.4, -0.2) is 12.0 Å². The van der Waals surface area contributed by atoms with Crippen molar-refractivity contribution < 1.29 is 0 Å². The summed E-state index contributed by atoms with van der Waals surface area (Å²) in [5.41, 5.74) is 2.14. The minimum atomic E-state index is 0.227. The molecular formula is C11H15ClN2. The van der Waals surface area contributed by atoms with Crippen molar-refractivity contribution in [2.45, 2.75) is 19.4 Å². The number of halogens is 1. The Morgan fingerprint density at radius 1 is 1.64 bits per heavy atom. The summed E-state index contributed by atoms with van der Waals surface area (Å²) in [4.78, 5) is 4.27. The lowest BCUT2D eigenvalue weighted by molar-refractivity contribution is 0.574. The molecule has 1 aromatic heterocycles. The van der Waals surface area contributed by atoms with Gasteiger partial charge in [0, 0.05) is 6.20 Å². The normalized spacial score (nSPS) is 12.5. The van der Waals surface area contributed by atoms with Crippen molar-refractivity contribution in [2.75, 3.05) is 7.05 Å². The second-order valence-corrected chi connectivity index (χ2v) is 3.84. The molecule has 1 heterocycles. The largest absolute Gasteiger partial charge is 0.311 e. The van der Waals surface area contributed by atoms with Gasteiger partial charge in [-0.2, -0.15) is 0 Å². The third-order valence-electron chi connectivity index (χ3n) is 2.01. The maximum atomic E-state index is 5.76. The van der Waals surface area contributed by atoms with E-state index in [0.717, 1.165) is 17.7 Å². The highest BCUT2D eigenvalue weighted by atomic mass is 35.5. The molecule has 0 aromatic carbocycles. The molecule has 0 spiro atoms. The minimum Gasteiger partial charge on any atom is -0.311 e. The summed E-state index contributed by atoms with van der Waals surface area (Å²) in [6, 6.07) is 4.02. The number of pyridine rings is 1. The van der Waals surface area contributed by atoms with Gasteiger partial charge in [-0.15, -0.1) is 6.58 Å². The lowest BCUT2D eigenvalue weighted by Crippen LogP contribution is -2.17. The number of aromatic nitrogens is 1. The lowest BCUT2D eigenvalue weighted by Gasteiger charge is -2.15. The van der Waals surface area contributed by atoms with Gasteiger partial charge >= 0.3 is 0 Å². The van der Waals surface area contributed by atoms with Crippen LogP contribution in [0.3, 0.4) is 0 Å². The summed E-state index contributed by atoms with van der Waals surface area (Å²) in [5, 5.41) is 3.87. The molecule has 0 saturated heterocycles. The summed E-state index contributed by atoms with van der Waals surface area (Å²) in [6.45, 7) is 5.91. The Kier molecular flexibility index (Phi) is 4.11. The van der Waals surface area contributed by atoms with Gasteiger partial charge in [-0.05, 0) is 32.5 Å². The second-order valence-electron chi connectivity index (χ2n) is 3.40. The highest BCUT2D eigenvalue weighted by molar-refractivity contribution is 6.30. The van der Waals surface area contributed by atoms with E-state index >= 15 is 0 Å². The molecule has 1 rings (SSSR count). The molecule has 1 atom stereocenters. The van der Waals surface area contributed by atoms with Crippen LogP contribution in [0.15, 0.2) is 30.5 Å². The van der Waals surface area contributed by atoms with Gasteiger partial charge in [0.15, 0.2) is 0 Å². The highest BCUT2D eigenvalue weighted by Crippen LogP contribution is 2.18. The first kappa shape index (κ1) is 11.2. The van der Waals surface area contributed by atoms with E-state index in [9.17, 15) is 0 Å². The number of nitrogens with zero attached hydrogens (tertiary/aromatic N) is 1. The Hall–Kier alpha value is -0.860. The molecule has 2 nitrogen and oxygen atoms in total. The molecule has 1 aromatic rings. The van der Waals surface area contributed by atoms with Crippen LogP contribution in [0.5, 0.6) is 0 Å². The fraction of sp³-hybridized carbons (Fsp3) is 0.364. The van der Waals surface area contributed by atoms with Crippen LogP contribution in [-0.2, 0) is 0 Å². The van der Waals surface area contributed by atoms with E-state index < -0.39 is 0 Å². The number of hydrogen-bond donors (Lipinski definition) is 1. The Bertz CT molecular complexity index is 306. The summed E-state index contributed by atoms with van der Waals surface area (Å²) >= 11 is 5.76. The van der Waals surface area contributed by atoms with E-state index in [0.29, 0.717) is 5.02 Å². The summed E-state index contributed by atoms with van der Waals surface area (Å²) < 4.78 is 0. The van der Waals surface area contributed by atoms with Crippen LogP contribution in [0.2, 0.25) is 5.02 Å². The zero-order valence-electron chi connectivity index (χ0n) is 8.55. The first-order chi connectivity index (χ1) is 6.63. The van der Waals surface area contributed by atoms with Crippen LogP contribution in [0.25, 0.3) is 0 Å². The zero-order chi connectivity index (χ0) is 10.6. The van der Waals surface area contributed by atoms with Gasteiger partial charge in [0.05, 0.1) is 16.8 Å². The third kappa shape index (κ3) is 3.13. The molecule has 0 amide bonds. The molecular weight excluding hydrogens is 196 g/mol. The van der Waals surface area contributed by atoms with Crippen LogP contribution in [0.4, 0.5) is 0 Å². The monoisotopic (exact) mass is 210 g/mol. The Balaban J connectivity index is 2.78. The topological polar surface area (TPSA) is 24.9 Å². The Morgan fingerprint density at radius 3 is 2.79 bits per heavy atom. The average molecular weight is 211 g/mol. The van der Waals surface area contributed by atoms with Crippen molar-refractivity contribution in [3.63, 3.8) is 0 Å².